The topological polar surface area (TPSA) is 49.8 Å². The van der Waals surface area contributed by atoms with Gasteiger partial charge in [0.2, 0.25) is 0 Å². The first-order chi connectivity index (χ1) is 7.70. The van der Waals surface area contributed by atoms with Crippen LogP contribution in [0.15, 0.2) is 24.3 Å². The second kappa shape index (κ2) is 4.72. The fourth-order valence-corrected chi connectivity index (χ4v) is 1.74. The number of hydrogen-bond donors (Lipinski definition) is 1. The predicted octanol–water partition coefficient (Wildman–Crippen LogP) is 2.05. The third-order valence-electron chi connectivity index (χ3n) is 2.50. The molecule has 1 aromatic rings. The molecule has 4 nitrogen and oxygen atoms in total. The minimum Gasteiger partial charge on any atom is -0.443 e. The zero-order chi connectivity index (χ0) is 11.5. The molecule has 1 N–H and O–H groups in total. The van der Waals surface area contributed by atoms with Crippen molar-refractivity contribution in [3.63, 3.8) is 0 Å². The largest absolute Gasteiger partial charge is 0.443 e. The van der Waals surface area contributed by atoms with Gasteiger partial charge in [0.05, 0.1) is 6.61 Å². The Kier molecular flexibility index (Phi) is 3.31. The Morgan fingerprint density at radius 2 is 2.12 bits per heavy atom. The van der Waals surface area contributed by atoms with E-state index < -0.39 is 6.09 Å². The quantitative estimate of drug-likeness (QED) is 0.862. The molecule has 1 atom stereocenters. The molecule has 0 aliphatic carbocycles. The van der Waals surface area contributed by atoms with Gasteiger partial charge in [-0.15, -0.1) is 0 Å². The molecule has 1 aliphatic rings. The minimum absolute atomic E-state index is 0.125. The van der Waals surface area contributed by atoms with Crippen LogP contribution in [0.25, 0.3) is 0 Å². The standard InChI is InChI=1S/C11H12ClNO3/c12-8-1-3-9(4-2-8)13-6-5-10(7-14)16-11(13)15/h1-4,10,14H,5-7H2. The van der Waals surface area contributed by atoms with Gasteiger partial charge in [-0.25, -0.2) is 4.79 Å². The molecule has 0 saturated carbocycles. The van der Waals surface area contributed by atoms with Crippen LogP contribution in [0.2, 0.25) is 5.02 Å². The summed E-state index contributed by atoms with van der Waals surface area (Å²) in [7, 11) is 0. The summed E-state index contributed by atoms with van der Waals surface area (Å²) in [6.45, 7) is 0.423. The lowest BCUT2D eigenvalue weighted by Gasteiger charge is -2.30. The molecule has 16 heavy (non-hydrogen) atoms. The van der Waals surface area contributed by atoms with E-state index >= 15 is 0 Å². The van der Waals surface area contributed by atoms with E-state index in [0.29, 0.717) is 18.0 Å². The Labute approximate surface area is 98.4 Å². The van der Waals surface area contributed by atoms with E-state index in [9.17, 15) is 4.79 Å². The maximum atomic E-state index is 11.6. The maximum absolute atomic E-state index is 11.6. The number of carbonyl (C=O) groups excluding carboxylic acids is 1. The first-order valence-corrected chi connectivity index (χ1v) is 5.43. The Morgan fingerprint density at radius 1 is 1.44 bits per heavy atom. The van der Waals surface area contributed by atoms with Crippen molar-refractivity contribution in [3.05, 3.63) is 29.3 Å². The fraction of sp³-hybridized carbons (Fsp3) is 0.364. The van der Waals surface area contributed by atoms with Crippen LogP contribution in [0.1, 0.15) is 6.42 Å². The fourth-order valence-electron chi connectivity index (χ4n) is 1.61. The molecule has 0 aromatic heterocycles. The van der Waals surface area contributed by atoms with E-state index in [1.54, 1.807) is 24.3 Å². The maximum Gasteiger partial charge on any atom is 0.414 e. The summed E-state index contributed by atoms with van der Waals surface area (Å²) in [5.41, 5.74) is 0.755. The number of benzene rings is 1. The number of aliphatic hydroxyl groups is 1. The molecule has 1 aliphatic heterocycles. The Bertz CT molecular complexity index is 379. The summed E-state index contributed by atoms with van der Waals surface area (Å²) in [5.74, 6) is 0. The van der Waals surface area contributed by atoms with Crippen LogP contribution in [0.4, 0.5) is 10.5 Å². The first-order valence-electron chi connectivity index (χ1n) is 5.05. The number of aliphatic hydroxyl groups excluding tert-OH is 1. The summed E-state index contributed by atoms with van der Waals surface area (Å²) < 4.78 is 5.04. The summed E-state index contributed by atoms with van der Waals surface area (Å²) in [4.78, 5) is 13.1. The van der Waals surface area contributed by atoms with Gasteiger partial charge in [-0.05, 0) is 24.3 Å². The highest BCUT2D eigenvalue weighted by Crippen LogP contribution is 2.22. The van der Waals surface area contributed by atoms with Crippen molar-refractivity contribution < 1.29 is 14.6 Å². The van der Waals surface area contributed by atoms with Gasteiger partial charge in [0.1, 0.15) is 6.10 Å². The molecule has 1 saturated heterocycles. The number of cyclic esters (lactones) is 1. The average Bonchev–Trinajstić information content (AvgIpc) is 2.30. The van der Waals surface area contributed by atoms with E-state index in [2.05, 4.69) is 0 Å². The molecule has 2 rings (SSSR count). The van der Waals surface area contributed by atoms with Crippen molar-refractivity contribution in [1.29, 1.82) is 0 Å². The van der Waals surface area contributed by atoms with Crippen LogP contribution >= 0.6 is 11.6 Å². The predicted molar refractivity (Wildman–Crippen MR) is 60.8 cm³/mol. The number of hydrogen-bond acceptors (Lipinski definition) is 3. The second-order valence-corrected chi connectivity index (χ2v) is 4.04. The molecule has 0 bridgehead atoms. The normalized spacial score (nSPS) is 20.8. The Morgan fingerprint density at radius 3 is 2.69 bits per heavy atom. The van der Waals surface area contributed by atoms with Gasteiger partial charge in [-0.1, -0.05) is 11.6 Å². The van der Waals surface area contributed by atoms with E-state index in [1.165, 1.54) is 4.90 Å². The zero-order valence-electron chi connectivity index (χ0n) is 8.60. The SMILES string of the molecule is O=C1OC(CO)CCN1c1ccc(Cl)cc1. The van der Waals surface area contributed by atoms with E-state index in [-0.39, 0.29) is 12.7 Å². The summed E-state index contributed by atoms with van der Waals surface area (Å²) >= 11 is 5.76. The third-order valence-corrected chi connectivity index (χ3v) is 2.76. The number of carbonyl (C=O) groups is 1. The molecule has 1 amide bonds. The number of halogens is 1. The van der Waals surface area contributed by atoms with E-state index in [1.807, 2.05) is 0 Å². The van der Waals surface area contributed by atoms with E-state index in [4.69, 9.17) is 21.4 Å². The van der Waals surface area contributed by atoms with Crippen molar-refractivity contribution in [3.8, 4) is 0 Å². The zero-order valence-corrected chi connectivity index (χ0v) is 9.35. The van der Waals surface area contributed by atoms with Crippen molar-refractivity contribution in [2.75, 3.05) is 18.1 Å². The van der Waals surface area contributed by atoms with Crippen LogP contribution < -0.4 is 4.90 Å². The van der Waals surface area contributed by atoms with E-state index in [0.717, 1.165) is 5.69 Å². The van der Waals surface area contributed by atoms with Gasteiger partial charge in [0.15, 0.2) is 0 Å². The lowest BCUT2D eigenvalue weighted by atomic mass is 10.2. The summed E-state index contributed by atoms with van der Waals surface area (Å²) in [6.07, 6.45) is -0.172. The highest BCUT2D eigenvalue weighted by molar-refractivity contribution is 6.30. The minimum atomic E-state index is -0.423. The second-order valence-electron chi connectivity index (χ2n) is 3.61. The lowest BCUT2D eigenvalue weighted by Crippen LogP contribution is -2.43. The van der Waals surface area contributed by atoms with Crippen molar-refractivity contribution in [2.45, 2.75) is 12.5 Å². The third kappa shape index (κ3) is 2.28. The Balaban J connectivity index is 2.11. The number of nitrogens with zero attached hydrogens (tertiary/aromatic N) is 1. The molecular weight excluding hydrogens is 230 g/mol. The summed E-state index contributed by atoms with van der Waals surface area (Å²) in [6, 6.07) is 6.98. The van der Waals surface area contributed by atoms with Crippen molar-refractivity contribution in [2.24, 2.45) is 0 Å². The number of amides is 1. The summed E-state index contributed by atoms with van der Waals surface area (Å²) in [5, 5.41) is 9.52. The van der Waals surface area contributed by atoms with Gasteiger partial charge in [-0.3, -0.25) is 4.90 Å². The number of rotatable bonds is 2. The smallest absolute Gasteiger partial charge is 0.414 e. The monoisotopic (exact) mass is 241 g/mol. The lowest BCUT2D eigenvalue weighted by molar-refractivity contribution is 0.0453. The molecule has 0 radical (unpaired) electrons. The molecule has 1 heterocycles. The van der Waals surface area contributed by atoms with Crippen LogP contribution in [0.5, 0.6) is 0 Å². The molecule has 5 heteroatoms. The number of ether oxygens (including phenoxy) is 1. The van der Waals surface area contributed by atoms with Gasteiger partial charge < -0.3 is 9.84 Å². The van der Waals surface area contributed by atoms with Gasteiger partial charge in [0.25, 0.3) is 0 Å². The van der Waals surface area contributed by atoms with Crippen LogP contribution in [-0.4, -0.2) is 30.5 Å². The molecule has 0 spiro atoms. The van der Waals surface area contributed by atoms with Gasteiger partial charge in [0, 0.05) is 23.7 Å². The van der Waals surface area contributed by atoms with Gasteiger partial charge >= 0.3 is 6.09 Å². The molecular formula is C11H12ClNO3. The molecule has 1 fully saturated rings. The first kappa shape index (κ1) is 11.2. The highest BCUT2D eigenvalue weighted by Gasteiger charge is 2.27. The van der Waals surface area contributed by atoms with Crippen LogP contribution in [-0.2, 0) is 4.74 Å². The average molecular weight is 242 g/mol. The van der Waals surface area contributed by atoms with Crippen molar-refractivity contribution >= 4 is 23.4 Å². The van der Waals surface area contributed by atoms with Gasteiger partial charge in [-0.2, -0.15) is 0 Å². The van der Waals surface area contributed by atoms with Crippen molar-refractivity contribution in [1.82, 2.24) is 0 Å². The highest BCUT2D eigenvalue weighted by atomic mass is 35.5. The van der Waals surface area contributed by atoms with Crippen LogP contribution in [0.3, 0.4) is 0 Å². The molecule has 86 valence electrons. The molecule has 1 aromatic carbocycles. The Hall–Kier alpha value is -1.26. The van der Waals surface area contributed by atoms with Crippen LogP contribution in [0, 0.1) is 0 Å². The molecule has 1 unspecified atom stereocenters. The number of anilines is 1.